The Bertz CT molecular complexity index is 328. The molecule has 3 heteroatoms. The molecule has 0 bridgehead atoms. The smallest absolute Gasteiger partial charge is 0.123 e. The minimum absolute atomic E-state index is 0.499. The molecule has 102 valence electrons. The van der Waals surface area contributed by atoms with Crippen LogP contribution in [0.3, 0.4) is 0 Å². The molecule has 0 fully saturated rings. The second kappa shape index (κ2) is 9.29. The van der Waals surface area contributed by atoms with Gasteiger partial charge in [0.15, 0.2) is 0 Å². The van der Waals surface area contributed by atoms with Gasteiger partial charge in [-0.1, -0.05) is 39.0 Å². The van der Waals surface area contributed by atoms with Crippen molar-refractivity contribution in [2.45, 2.75) is 39.8 Å². The Morgan fingerprint density at radius 1 is 1.28 bits per heavy atom. The summed E-state index contributed by atoms with van der Waals surface area (Å²) in [5, 5.41) is 3.43. The maximum absolute atomic E-state index is 5.86. The molecule has 0 saturated carbocycles. The lowest BCUT2D eigenvalue weighted by Gasteiger charge is -2.13. The summed E-state index contributed by atoms with van der Waals surface area (Å²) in [5.74, 6) is 3.39. The molecular weight excluding hydrogens is 242 g/mol. The van der Waals surface area contributed by atoms with Gasteiger partial charge in [0.2, 0.25) is 0 Å². The van der Waals surface area contributed by atoms with Crippen molar-refractivity contribution in [2.24, 2.45) is 0 Å². The van der Waals surface area contributed by atoms with Crippen LogP contribution in [0.1, 0.15) is 32.8 Å². The first-order chi connectivity index (χ1) is 8.74. The monoisotopic (exact) mass is 267 g/mol. The van der Waals surface area contributed by atoms with E-state index in [1.165, 1.54) is 17.1 Å². The zero-order valence-electron chi connectivity index (χ0n) is 11.7. The van der Waals surface area contributed by atoms with Gasteiger partial charge < -0.3 is 10.1 Å². The molecule has 1 aromatic carbocycles. The summed E-state index contributed by atoms with van der Waals surface area (Å²) in [6.07, 6.45) is 1.12. The maximum Gasteiger partial charge on any atom is 0.123 e. The van der Waals surface area contributed by atoms with E-state index in [2.05, 4.69) is 44.3 Å². The molecule has 0 aliphatic rings. The second-order valence-electron chi connectivity index (χ2n) is 4.54. The number of ether oxygens (including phenoxy) is 1. The highest BCUT2D eigenvalue weighted by Crippen LogP contribution is 2.18. The van der Waals surface area contributed by atoms with E-state index in [4.69, 9.17) is 4.74 Å². The molecule has 0 saturated heterocycles. The van der Waals surface area contributed by atoms with Gasteiger partial charge in [-0.25, -0.2) is 0 Å². The molecule has 0 spiro atoms. The number of hydrogen-bond donors (Lipinski definition) is 1. The molecular formula is C15H25NOS. The fraction of sp³-hybridized carbons (Fsp3) is 0.600. The van der Waals surface area contributed by atoms with E-state index < -0.39 is 0 Å². The minimum Gasteiger partial charge on any atom is -0.493 e. The van der Waals surface area contributed by atoms with Gasteiger partial charge in [0.25, 0.3) is 0 Å². The van der Waals surface area contributed by atoms with Gasteiger partial charge in [-0.3, -0.25) is 0 Å². The fourth-order valence-corrected chi connectivity index (χ4v) is 2.20. The van der Waals surface area contributed by atoms with Crippen LogP contribution in [-0.2, 0) is 6.54 Å². The van der Waals surface area contributed by atoms with Crippen molar-refractivity contribution < 1.29 is 4.74 Å². The second-order valence-corrected chi connectivity index (χ2v) is 5.94. The summed E-state index contributed by atoms with van der Waals surface area (Å²) in [6.45, 7) is 8.19. The maximum atomic E-state index is 5.86. The van der Waals surface area contributed by atoms with Crippen molar-refractivity contribution in [3.8, 4) is 5.75 Å². The van der Waals surface area contributed by atoms with Gasteiger partial charge in [-0.2, -0.15) is 11.8 Å². The molecule has 2 nitrogen and oxygen atoms in total. The molecule has 1 rings (SSSR count). The Morgan fingerprint density at radius 2 is 2.06 bits per heavy atom. The Morgan fingerprint density at radius 3 is 2.78 bits per heavy atom. The molecule has 0 atom stereocenters. The van der Waals surface area contributed by atoms with Gasteiger partial charge in [-0.05, 0) is 24.0 Å². The molecule has 0 aliphatic heterocycles. The van der Waals surface area contributed by atoms with Gasteiger partial charge in [0.1, 0.15) is 5.75 Å². The molecule has 0 radical (unpaired) electrons. The summed E-state index contributed by atoms with van der Waals surface area (Å²) in [6, 6.07) is 8.79. The van der Waals surface area contributed by atoms with E-state index in [1.54, 1.807) is 0 Å². The molecule has 0 heterocycles. The highest BCUT2D eigenvalue weighted by Gasteiger charge is 2.03. The Labute approximate surface area is 116 Å². The van der Waals surface area contributed by atoms with Crippen LogP contribution in [0, 0.1) is 0 Å². The van der Waals surface area contributed by atoms with E-state index in [1.807, 2.05) is 17.8 Å². The average molecular weight is 267 g/mol. The molecule has 1 N–H and O–H groups in total. The molecule has 1 aromatic rings. The Balaban J connectivity index is 2.38. The van der Waals surface area contributed by atoms with Crippen molar-refractivity contribution >= 4 is 11.8 Å². The van der Waals surface area contributed by atoms with Crippen LogP contribution >= 0.6 is 11.8 Å². The number of para-hydroxylation sites is 1. The molecule has 18 heavy (non-hydrogen) atoms. The number of thioether (sulfide) groups is 1. The quantitative estimate of drug-likeness (QED) is 0.689. The molecule has 0 amide bonds. The average Bonchev–Trinajstić information content (AvgIpc) is 2.37. The third kappa shape index (κ3) is 6.31. The fourth-order valence-electron chi connectivity index (χ4n) is 1.59. The van der Waals surface area contributed by atoms with Crippen molar-refractivity contribution in [1.82, 2.24) is 5.32 Å². The van der Waals surface area contributed by atoms with Crippen molar-refractivity contribution in [3.63, 3.8) is 0 Å². The van der Waals surface area contributed by atoms with Crippen LogP contribution in [0.4, 0.5) is 0 Å². The summed E-state index contributed by atoms with van der Waals surface area (Å²) in [5.41, 5.74) is 1.24. The first-order valence-corrected chi connectivity index (χ1v) is 7.91. The number of rotatable bonds is 9. The van der Waals surface area contributed by atoms with E-state index in [0.29, 0.717) is 6.04 Å². The Hall–Kier alpha value is -0.670. The number of hydrogen-bond acceptors (Lipinski definition) is 3. The number of nitrogens with one attached hydrogen (secondary N) is 1. The van der Waals surface area contributed by atoms with E-state index >= 15 is 0 Å². The minimum atomic E-state index is 0.499. The lowest BCUT2D eigenvalue weighted by molar-refractivity contribution is 0.314. The van der Waals surface area contributed by atoms with Crippen LogP contribution in [-0.4, -0.2) is 24.2 Å². The van der Waals surface area contributed by atoms with Gasteiger partial charge in [0.05, 0.1) is 6.61 Å². The van der Waals surface area contributed by atoms with Crippen LogP contribution < -0.4 is 10.1 Å². The summed E-state index contributed by atoms with van der Waals surface area (Å²) >= 11 is 1.97. The summed E-state index contributed by atoms with van der Waals surface area (Å²) < 4.78 is 5.86. The van der Waals surface area contributed by atoms with Gasteiger partial charge in [0, 0.05) is 18.2 Å². The van der Waals surface area contributed by atoms with Crippen LogP contribution in [0.5, 0.6) is 5.75 Å². The first-order valence-electron chi connectivity index (χ1n) is 6.76. The highest BCUT2D eigenvalue weighted by atomic mass is 32.2. The van der Waals surface area contributed by atoms with Crippen LogP contribution in [0.2, 0.25) is 0 Å². The largest absolute Gasteiger partial charge is 0.493 e. The third-order valence-corrected chi connectivity index (χ3v) is 3.55. The zero-order chi connectivity index (χ0) is 13.2. The SMILES string of the molecule is CCSCCCOc1ccccc1CNC(C)C. The topological polar surface area (TPSA) is 21.3 Å². The predicted octanol–water partition coefficient (Wildman–Crippen LogP) is 3.71. The zero-order valence-corrected chi connectivity index (χ0v) is 12.6. The first kappa shape index (κ1) is 15.4. The van der Waals surface area contributed by atoms with Crippen molar-refractivity contribution in [3.05, 3.63) is 29.8 Å². The lowest BCUT2D eigenvalue weighted by atomic mass is 10.2. The molecule has 0 aliphatic carbocycles. The lowest BCUT2D eigenvalue weighted by Crippen LogP contribution is -2.22. The molecule has 0 aromatic heterocycles. The predicted molar refractivity (Wildman–Crippen MR) is 81.5 cm³/mol. The highest BCUT2D eigenvalue weighted by molar-refractivity contribution is 7.99. The summed E-state index contributed by atoms with van der Waals surface area (Å²) in [7, 11) is 0. The van der Waals surface area contributed by atoms with Crippen molar-refractivity contribution in [2.75, 3.05) is 18.1 Å². The van der Waals surface area contributed by atoms with Gasteiger partial charge in [-0.15, -0.1) is 0 Å². The van der Waals surface area contributed by atoms with E-state index in [-0.39, 0.29) is 0 Å². The van der Waals surface area contributed by atoms with Crippen LogP contribution in [0.15, 0.2) is 24.3 Å². The standard InChI is InChI=1S/C15H25NOS/c1-4-18-11-7-10-17-15-9-6-5-8-14(15)12-16-13(2)3/h5-6,8-9,13,16H,4,7,10-12H2,1-3H3. The van der Waals surface area contributed by atoms with Crippen molar-refractivity contribution in [1.29, 1.82) is 0 Å². The van der Waals surface area contributed by atoms with E-state index in [0.717, 1.165) is 25.3 Å². The number of benzene rings is 1. The summed E-state index contributed by atoms with van der Waals surface area (Å²) in [4.78, 5) is 0. The normalized spacial score (nSPS) is 10.9. The third-order valence-electron chi connectivity index (χ3n) is 2.57. The van der Waals surface area contributed by atoms with Gasteiger partial charge >= 0.3 is 0 Å². The van der Waals surface area contributed by atoms with E-state index in [9.17, 15) is 0 Å². The Kier molecular flexibility index (Phi) is 7.94. The molecule has 0 unspecified atom stereocenters. The van der Waals surface area contributed by atoms with Crippen LogP contribution in [0.25, 0.3) is 0 Å².